The van der Waals surface area contributed by atoms with Gasteiger partial charge in [-0.1, -0.05) is 66.7 Å². The van der Waals surface area contributed by atoms with E-state index in [-0.39, 0.29) is 13.0 Å². The molecule has 7 nitrogen and oxygen atoms in total. The molecule has 0 fully saturated rings. The van der Waals surface area contributed by atoms with Crippen LogP contribution in [0.5, 0.6) is 11.5 Å². The summed E-state index contributed by atoms with van der Waals surface area (Å²) >= 11 is 0. The zero-order chi connectivity index (χ0) is 30.0. The Morgan fingerprint density at radius 1 is 0.767 bits per heavy atom. The zero-order valence-electron chi connectivity index (χ0n) is 24.3. The van der Waals surface area contributed by atoms with Gasteiger partial charge < -0.3 is 33.9 Å². The van der Waals surface area contributed by atoms with E-state index in [2.05, 4.69) is 18.2 Å². The van der Waals surface area contributed by atoms with Gasteiger partial charge >= 0.3 is 14.2 Å². The van der Waals surface area contributed by atoms with Crippen LogP contribution in [0, 0.1) is 0 Å². The molecule has 0 radical (unpaired) electrons. The van der Waals surface area contributed by atoms with Gasteiger partial charge in [-0.2, -0.15) is 0 Å². The summed E-state index contributed by atoms with van der Waals surface area (Å²) in [5.41, 5.74) is 1.94. The lowest BCUT2D eigenvalue weighted by atomic mass is 9.71. The summed E-state index contributed by atoms with van der Waals surface area (Å²) in [5, 5.41) is 36.5. The number of aliphatic hydroxyl groups excluding tert-OH is 1. The van der Waals surface area contributed by atoms with Gasteiger partial charge in [-0.15, -0.1) is 0 Å². The predicted octanol–water partition coefficient (Wildman–Crippen LogP) is 3.93. The van der Waals surface area contributed by atoms with Crippen LogP contribution in [0.1, 0.15) is 30.1 Å². The minimum absolute atomic E-state index is 0.162. The van der Waals surface area contributed by atoms with Crippen molar-refractivity contribution in [3.8, 4) is 11.5 Å². The molecule has 0 heterocycles. The van der Waals surface area contributed by atoms with Crippen molar-refractivity contribution in [3.63, 3.8) is 0 Å². The predicted molar refractivity (Wildman–Crippen MR) is 170 cm³/mol. The molecule has 0 saturated heterocycles. The van der Waals surface area contributed by atoms with Crippen LogP contribution in [0.3, 0.4) is 0 Å². The van der Waals surface area contributed by atoms with Crippen LogP contribution in [-0.2, 0) is 15.7 Å². The van der Waals surface area contributed by atoms with Gasteiger partial charge in [0.2, 0.25) is 0 Å². The Bertz CT molecular complexity index is 1720. The highest BCUT2D eigenvalue weighted by Crippen LogP contribution is 2.48. The second kappa shape index (κ2) is 12.4. The lowest BCUT2D eigenvalue weighted by Gasteiger charge is -2.43. The Kier molecular flexibility index (Phi) is 8.43. The maximum atomic E-state index is 11.2. The van der Waals surface area contributed by atoms with Gasteiger partial charge in [0.1, 0.15) is 11.5 Å². The standard InChI is InChI=1S/C34H34B2O7/c1-40-28-14-13-23-17-25-20-30-31(33(41-2)29(25)19-24(23)18-28)21-34(15-16-37,43-36(39)27-11-7-4-8-12-27)22-32(30)42-35(38)26-9-5-3-6-10-26/h3-14,17-20,32,37-39H,15-16,21-22H2,1-2H3/t32-,34-/m0/s1. The van der Waals surface area contributed by atoms with Crippen LogP contribution in [-0.4, -0.2) is 55.8 Å². The van der Waals surface area contributed by atoms with E-state index in [1.165, 1.54) is 0 Å². The van der Waals surface area contributed by atoms with Gasteiger partial charge in [0.05, 0.1) is 25.9 Å². The summed E-state index contributed by atoms with van der Waals surface area (Å²) < 4.78 is 24.4. The SMILES string of the molecule is COc1ccc2cc3cc4c(c(OC)c3cc2c1)C[C@](CCO)(OB(O)c1ccccc1)C[C@@H]4OB(O)c1ccccc1. The van der Waals surface area contributed by atoms with E-state index in [1.807, 2.05) is 66.7 Å². The van der Waals surface area contributed by atoms with Crippen molar-refractivity contribution in [2.45, 2.75) is 31.0 Å². The lowest BCUT2D eigenvalue weighted by molar-refractivity contribution is -0.0251. The van der Waals surface area contributed by atoms with E-state index in [4.69, 9.17) is 18.8 Å². The van der Waals surface area contributed by atoms with Crippen LogP contribution < -0.4 is 20.4 Å². The largest absolute Gasteiger partial charge is 0.497 e. The molecule has 0 spiro atoms. The van der Waals surface area contributed by atoms with E-state index >= 15 is 0 Å². The normalized spacial score (nSPS) is 17.9. The van der Waals surface area contributed by atoms with Gasteiger partial charge in [0.15, 0.2) is 0 Å². The monoisotopic (exact) mass is 576 g/mol. The Balaban J connectivity index is 1.50. The maximum Gasteiger partial charge on any atom is 0.491 e. The fourth-order valence-corrected chi connectivity index (χ4v) is 6.27. The highest BCUT2D eigenvalue weighted by Gasteiger charge is 2.45. The molecule has 218 valence electrons. The molecule has 5 aromatic carbocycles. The van der Waals surface area contributed by atoms with Crippen molar-refractivity contribution < 1.29 is 33.9 Å². The number of hydrogen-bond acceptors (Lipinski definition) is 7. The van der Waals surface area contributed by atoms with Crippen LogP contribution in [0.25, 0.3) is 21.5 Å². The van der Waals surface area contributed by atoms with Gasteiger partial charge in [-0.25, -0.2) is 0 Å². The highest BCUT2D eigenvalue weighted by molar-refractivity contribution is 6.60. The molecule has 43 heavy (non-hydrogen) atoms. The van der Waals surface area contributed by atoms with Crippen molar-refractivity contribution in [2.24, 2.45) is 0 Å². The second-order valence-electron chi connectivity index (χ2n) is 11.1. The number of aliphatic hydroxyl groups is 1. The first-order valence-electron chi connectivity index (χ1n) is 14.4. The number of methoxy groups -OCH3 is 2. The lowest BCUT2D eigenvalue weighted by Crippen LogP contribution is -2.50. The van der Waals surface area contributed by atoms with Crippen molar-refractivity contribution >= 4 is 46.7 Å². The van der Waals surface area contributed by atoms with Crippen molar-refractivity contribution in [3.05, 3.63) is 108 Å². The third kappa shape index (κ3) is 5.87. The summed E-state index contributed by atoms with van der Waals surface area (Å²) in [6.45, 7) is -0.162. The molecule has 1 aliphatic carbocycles. The summed E-state index contributed by atoms with van der Waals surface area (Å²) in [6, 6.07) is 30.6. The molecule has 0 unspecified atom stereocenters. The number of fused-ring (bicyclic) bond motifs is 3. The van der Waals surface area contributed by atoms with E-state index < -0.39 is 25.9 Å². The molecule has 0 aromatic heterocycles. The molecule has 9 heteroatoms. The topological polar surface area (TPSA) is 97.6 Å². The molecule has 0 saturated carbocycles. The fraction of sp³-hybridized carbons (Fsp3) is 0.235. The first-order chi connectivity index (χ1) is 20.9. The summed E-state index contributed by atoms with van der Waals surface area (Å²) in [6.07, 6.45) is 0.281. The number of ether oxygens (including phenoxy) is 2. The highest BCUT2D eigenvalue weighted by atomic mass is 16.5. The van der Waals surface area contributed by atoms with Crippen LogP contribution in [0.4, 0.5) is 0 Å². The molecule has 3 N–H and O–H groups in total. The van der Waals surface area contributed by atoms with Crippen LogP contribution in [0.15, 0.2) is 97.1 Å². The minimum atomic E-state index is -1.23. The van der Waals surface area contributed by atoms with E-state index in [0.29, 0.717) is 29.5 Å². The van der Waals surface area contributed by atoms with Gasteiger partial charge in [0.25, 0.3) is 0 Å². The average molecular weight is 576 g/mol. The Labute approximate surface area is 251 Å². The molecule has 0 bridgehead atoms. The van der Waals surface area contributed by atoms with Crippen LogP contribution in [0.2, 0.25) is 0 Å². The Morgan fingerprint density at radius 3 is 2.12 bits per heavy atom. The fourth-order valence-electron chi connectivity index (χ4n) is 6.27. The summed E-state index contributed by atoms with van der Waals surface area (Å²) in [5.74, 6) is 1.43. The number of hydrogen-bond donors (Lipinski definition) is 3. The number of benzene rings is 5. The molecule has 0 aliphatic heterocycles. The van der Waals surface area contributed by atoms with Crippen molar-refractivity contribution in [1.29, 1.82) is 0 Å². The Morgan fingerprint density at radius 2 is 1.47 bits per heavy atom. The van der Waals surface area contributed by atoms with Crippen LogP contribution >= 0.6 is 0 Å². The summed E-state index contributed by atoms with van der Waals surface area (Å²) in [4.78, 5) is 0. The van der Waals surface area contributed by atoms with E-state index in [9.17, 15) is 15.2 Å². The van der Waals surface area contributed by atoms with Crippen molar-refractivity contribution in [1.82, 2.24) is 0 Å². The molecular formula is C34H34B2O7. The smallest absolute Gasteiger partial charge is 0.491 e. The molecule has 5 aromatic rings. The molecule has 2 atom stereocenters. The van der Waals surface area contributed by atoms with Gasteiger partial charge in [0, 0.05) is 30.4 Å². The quantitative estimate of drug-likeness (QED) is 0.171. The van der Waals surface area contributed by atoms with Gasteiger partial charge in [-0.05, 0) is 69.4 Å². The molecular weight excluding hydrogens is 542 g/mol. The maximum absolute atomic E-state index is 11.2. The van der Waals surface area contributed by atoms with E-state index in [0.717, 1.165) is 38.4 Å². The third-order valence-corrected chi connectivity index (χ3v) is 8.39. The molecule has 1 aliphatic rings. The second-order valence-corrected chi connectivity index (χ2v) is 11.1. The molecule has 6 rings (SSSR count). The van der Waals surface area contributed by atoms with Crippen molar-refractivity contribution in [2.75, 3.05) is 20.8 Å². The first-order valence-corrected chi connectivity index (χ1v) is 14.4. The number of rotatable bonds is 10. The Hall–Kier alpha value is -3.85. The average Bonchev–Trinajstić information content (AvgIpc) is 3.03. The first kappa shape index (κ1) is 29.2. The summed E-state index contributed by atoms with van der Waals surface area (Å²) in [7, 11) is 0.862. The van der Waals surface area contributed by atoms with E-state index in [1.54, 1.807) is 26.4 Å². The minimum Gasteiger partial charge on any atom is -0.497 e. The zero-order valence-corrected chi connectivity index (χ0v) is 24.3. The molecule has 0 amide bonds. The third-order valence-electron chi connectivity index (χ3n) is 8.39. The van der Waals surface area contributed by atoms with Gasteiger partial charge in [-0.3, -0.25) is 0 Å².